The number of halogens is 1. The first-order valence-corrected chi connectivity index (χ1v) is 16.8. The van der Waals surface area contributed by atoms with Crippen LogP contribution in [0.1, 0.15) is 16.1 Å². The summed E-state index contributed by atoms with van der Waals surface area (Å²) in [6.07, 6.45) is 3.39. The van der Waals surface area contributed by atoms with Crippen LogP contribution in [0.4, 0.5) is 10.8 Å². The third-order valence-electron chi connectivity index (χ3n) is 7.12. The number of aromatic nitrogens is 2. The van der Waals surface area contributed by atoms with Crippen LogP contribution in [0.25, 0.3) is 0 Å². The lowest BCUT2D eigenvalue weighted by Gasteiger charge is -2.49. The summed E-state index contributed by atoms with van der Waals surface area (Å²) < 4.78 is 7.37. The number of guanidine groups is 1. The maximum absolute atomic E-state index is 13.2. The number of anilines is 2. The molecular formula is C29H31ClN11O7S2+. The molecule has 5 rings (SSSR count). The van der Waals surface area contributed by atoms with Crippen LogP contribution in [-0.2, 0) is 25.8 Å². The van der Waals surface area contributed by atoms with Gasteiger partial charge in [-0.25, -0.2) is 14.3 Å². The lowest BCUT2D eigenvalue weighted by Crippen LogP contribution is -2.71. The van der Waals surface area contributed by atoms with Gasteiger partial charge in [-0.3, -0.25) is 35.1 Å². The van der Waals surface area contributed by atoms with E-state index in [1.807, 2.05) is 0 Å². The Balaban J connectivity index is 1.17. The molecule has 3 amide bonds. The molecule has 0 aliphatic carbocycles. The topological polar surface area (TPSA) is 266 Å². The van der Waals surface area contributed by atoms with Crippen molar-refractivity contribution in [3.8, 4) is 5.75 Å². The number of benzene rings is 1. The summed E-state index contributed by atoms with van der Waals surface area (Å²) in [5, 5.41) is 15.8. The van der Waals surface area contributed by atoms with E-state index in [0.29, 0.717) is 29.1 Å². The number of ether oxygens (including phenoxy) is 1. The average Bonchev–Trinajstić information content (AvgIpc) is 3.43. The van der Waals surface area contributed by atoms with Crippen LogP contribution in [0.15, 0.2) is 70.2 Å². The van der Waals surface area contributed by atoms with Gasteiger partial charge in [0.25, 0.3) is 17.7 Å². The number of thioether (sulfide) groups is 1. The van der Waals surface area contributed by atoms with E-state index in [-0.39, 0.29) is 57.3 Å². The molecule has 2 atom stereocenters. The molecule has 3 aromatic rings. The van der Waals surface area contributed by atoms with Crippen molar-refractivity contribution in [3.05, 3.63) is 75.7 Å². The Morgan fingerprint density at radius 2 is 1.90 bits per heavy atom. The van der Waals surface area contributed by atoms with Gasteiger partial charge in [0.15, 0.2) is 35.7 Å². The Hall–Kier alpha value is -5.60. The number of hydrogen-bond donors (Lipinski definition) is 7. The van der Waals surface area contributed by atoms with Gasteiger partial charge in [-0.1, -0.05) is 28.1 Å². The number of nitrogens with two attached hydrogens (primary N) is 3. The van der Waals surface area contributed by atoms with E-state index in [0.717, 1.165) is 16.2 Å². The Bertz CT molecular complexity index is 1880. The summed E-state index contributed by atoms with van der Waals surface area (Å²) in [6.45, 7) is 0.751. The number of nitrogens with one attached hydrogen (secondary N) is 3. The van der Waals surface area contributed by atoms with Gasteiger partial charge in [-0.15, -0.1) is 11.8 Å². The SMILES string of the molecule is CO/N=C(\C(=O)N[C@@H]1C(=O)N2C(C(=O)O)=C(C[n+]3ccc(NNC(=O)c4ccc(OCCN=C(N)N)cc4)cc3)CS[C@H]12)c1nc(N)sc1Cl. The van der Waals surface area contributed by atoms with E-state index in [1.54, 1.807) is 53.4 Å². The highest BCUT2D eigenvalue weighted by atomic mass is 35.5. The van der Waals surface area contributed by atoms with E-state index in [2.05, 4.69) is 31.3 Å². The normalized spacial score (nSPS) is 16.9. The number of β-lactam (4-membered cyclic amide) rings is 1. The van der Waals surface area contributed by atoms with Gasteiger partial charge in [-0.05, 0) is 24.3 Å². The van der Waals surface area contributed by atoms with Crippen molar-refractivity contribution in [1.29, 1.82) is 0 Å². The highest BCUT2D eigenvalue weighted by Gasteiger charge is 2.55. The monoisotopic (exact) mass is 744 g/mol. The fourth-order valence-corrected chi connectivity index (χ4v) is 7.13. The molecular weight excluding hydrogens is 714 g/mol. The minimum absolute atomic E-state index is 0.00294. The molecule has 10 N–H and O–H groups in total. The van der Waals surface area contributed by atoms with E-state index >= 15 is 0 Å². The standard InChI is InChI=1S/C29H30ClN11O7S2/c1-47-39-19(18-22(30)50-29(33)36-18)24(43)35-20-25(44)41-21(27(45)46)15(13-49-26(20)41)12-40-9-6-16(7-10-40)37-38-23(42)14-2-4-17(5-3-14)48-11-8-34-28(31)32/h2-7,9-10,20,26H,8,11-13H2,1H3,(H9,31,32,33,34,35,36,38,42,43,45,46)/p+1/b39-19-/t20-,26-/m1/s1. The number of nitrogens with zero attached hydrogens (tertiary/aromatic N) is 5. The van der Waals surface area contributed by atoms with Crippen LogP contribution in [0.2, 0.25) is 4.34 Å². The van der Waals surface area contributed by atoms with Crippen LogP contribution < -0.4 is 42.7 Å². The Morgan fingerprint density at radius 3 is 2.52 bits per heavy atom. The molecule has 1 aromatic carbocycles. The van der Waals surface area contributed by atoms with E-state index in [1.165, 1.54) is 18.9 Å². The van der Waals surface area contributed by atoms with Crippen LogP contribution in [0, 0.1) is 0 Å². The smallest absolute Gasteiger partial charge is 0.352 e. The predicted molar refractivity (Wildman–Crippen MR) is 185 cm³/mol. The highest BCUT2D eigenvalue weighted by molar-refractivity contribution is 8.00. The number of carbonyl (C=O) groups is 4. The molecule has 50 heavy (non-hydrogen) atoms. The molecule has 2 aliphatic heterocycles. The number of carboxylic acid groups (broad SMARTS) is 1. The van der Waals surface area contributed by atoms with Crippen LogP contribution in [0.5, 0.6) is 5.75 Å². The number of rotatable bonds is 14. The highest BCUT2D eigenvalue weighted by Crippen LogP contribution is 2.40. The molecule has 0 spiro atoms. The number of fused-ring (bicyclic) bond motifs is 1. The number of aliphatic carboxylic acids is 1. The Labute approximate surface area is 297 Å². The zero-order valence-electron chi connectivity index (χ0n) is 26.2. The number of hydrazine groups is 1. The molecule has 18 nitrogen and oxygen atoms in total. The summed E-state index contributed by atoms with van der Waals surface area (Å²) in [7, 11) is 1.23. The van der Waals surface area contributed by atoms with Gasteiger partial charge >= 0.3 is 5.97 Å². The van der Waals surface area contributed by atoms with Crippen molar-refractivity contribution >= 4 is 80.9 Å². The van der Waals surface area contributed by atoms with Crippen LogP contribution >= 0.6 is 34.7 Å². The molecule has 0 bridgehead atoms. The lowest BCUT2D eigenvalue weighted by atomic mass is 10.0. The first-order chi connectivity index (χ1) is 24.0. The van der Waals surface area contributed by atoms with Gasteiger partial charge in [-0.2, -0.15) is 0 Å². The summed E-state index contributed by atoms with van der Waals surface area (Å²) >= 11 is 8.39. The summed E-state index contributed by atoms with van der Waals surface area (Å²) in [5.41, 5.74) is 22.7. The number of aliphatic imine (C=N–C) groups is 1. The van der Waals surface area contributed by atoms with Crippen molar-refractivity contribution in [2.75, 3.05) is 37.2 Å². The van der Waals surface area contributed by atoms with E-state index in [4.69, 9.17) is 38.4 Å². The zero-order valence-corrected chi connectivity index (χ0v) is 28.6. The maximum Gasteiger partial charge on any atom is 0.352 e. The lowest BCUT2D eigenvalue weighted by molar-refractivity contribution is -0.688. The third kappa shape index (κ3) is 8.15. The molecule has 0 unspecified atom stereocenters. The summed E-state index contributed by atoms with van der Waals surface area (Å²) in [6, 6.07) is 8.86. The Morgan fingerprint density at radius 1 is 1.18 bits per heavy atom. The fourth-order valence-electron chi connectivity index (χ4n) is 4.87. The fraction of sp³-hybridized carbons (Fsp3) is 0.241. The number of amides is 3. The number of nitrogen functional groups attached to an aromatic ring is 1. The predicted octanol–water partition coefficient (Wildman–Crippen LogP) is -0.135. The van der Waals surface area contributed by atoms with Crippen molar-refractivity contribution in [1.82, 2.24) is 20.6 Å². The number of oxime groups is 1. The number of pyridine rings is 1. The molecule has 1 fully saturated rings. The van der Waals surface area contributed by atoms with Crippen LogP contribution in [0.3, 0.4) is 0 Å². The van der Waals surface area contributed by atoms with E-state index < -0.39 is 29.2 Å². The average molecular weight is 745 g/mol. The number of hydrogen-bond acceptors (Lipinski definition) is 13. The first kappa shape index (κ1) is 35.7. The van der Waals surface area contributed by atoms with Gasteiger partial charge in [0, 0.05) is 29.0 Å². The molecule has 4 heterocycles. The quantitative estimate of drug-likeness (QED) is 0.0283. The number of carbonyl (C=O) groups excluding carboxylic acids is 3. The molecule has 2 aromatic heterocycles. The molecule has 21 heteroatoms. The second-order valence-electron chi connectivity index (χ2n) is 10.4. The van der Waals surface area contributed by atoms with Crippen molar-refractivity contribution in [2.45, 2.75) is 18.0 Å². The molecule has 0 saturated carbocycles. The van der Waals surface area contributed by atoms with Gasteiger partial charge < -0.3 is 37.2 Å². The minimum Gasteiger partial charge on any atom is -0.492 e. The molecule has 1 saturated heterocycles. The number of carboxylic acids is 1. The summed E-state index contributed by atoms with van der Waals surface area (Å²) in [4.78, 5) is 65.0. The maximum atomic E-state index is 13.2. The van der Waals surface area contributed by atoms with Gasteiger partial charge in [0.2, 0.25) is 0 Å². The molecule has 262 valence electrons. The first-order valence-electron chi connectivity index (χ1n) is 14.5. The number of thiazole rings is 1. The van der Waals surface area contributed by atoms with Crippen molar-refractivity contribution in [2.24, 2.45) is 21.6 Å². The second kappa shape index (κ2) is 15.7. The second-order valence-corrected chi connectivity index (χ2v) is 13.2. The van der Waals surface area contributed by atoms with Crippen molar-refractivity contribution < 1.29 is 38.4 Å². The van der Waals surface area contributed by atoms with E-state index in [9.17, 15) is 24.3 Å². The van der Waals surface area contributed by atoms with Gasteiger partial charge in [0.1, 0.15) is 46.6 Å². The molecule has 2 aliphatic rings. The van der Waals surface area contributed by atoms with Gasteiger partial charge in [0.05, 0.1) is 12.2 Å². The minimum atomic E-state index is -1.28. The largest absolute Gasteiger partial charge is 0.492 e. The summed E-state index contributed by atoms with van der Waals surface area (Å²) in [5.74, 6) is -2.24. The third-order valence-corrected chi connectivity index (χ3v) is 9.54. The molecule has 0 radical (unpaired) electrons. The van der Waals surface area contributed by atoms with Crippen molar-refractivity contribution in [3.63, 3.8) is 0 Å². The van der Waals surface area contributed by atoms with Crippen LogP contribution in [-0.4, -0.2) is 87.8 Å². The Kier molecular flexibility index (Phi) is 11.2. The zero-order chi connectivity index (χ0) is 35.9.